The van der Waals surface area contributed by atoms with Gasteiger partial charge in [-0.1, -0.05) is 18.7 Å². The highest BCUT2D eigenvalue weighted by Crippen LogP contribution is 2.17. The number of rotatable bonds is 4. The minimum atomic E-state index is -0.337. The first-order valence-corrected chi connectivity index (χ1v) is 6.85. The van der Waals surface area contributed by atoms with E-state index in [4.69, 9.17) is 4.74 Å². The summed E-state index contributed by atoms with van der Waals surface area (Å²) in [7, 11) is 1.69. The lowest BCUT2D eigenvalue weighted by Gasteiger charge is -2.31. The molecule has 0 radical (unpaired) electrons. The van der Waals surface area contributed by atoms with Crippen molar-refractivity contribution in [2.24, 2.45) is 0 Å². The average Bonchev–Trinajstić information content (AvgIpc) is 2.49. The van der Waals surface area contributed by atoms with Gasteiger partial charge < -0.3 is 9.64 Å². The molecule has 0 atom stereocenters. The Morgan fingerprint density at radius 1 is 1.50 bits per heavy atom. The highest BCUT2D eigenvalue weighted by molar-refractivity contribution is 5.79. The molecule has 1 amide bonds. The van der Waals surface area contributed by atoms with Gasteiger partial charge in [-0.15, -0.1) is 0 Å². The molecule has 0 aromatic heterocycles. The Bertz CT molecular complexity index is 493. The standard InChI is InChI=1S/C16H20FNO2/c1-3-12-4-5-15(17)13(10-12)11-16(19)18-8-6-14(20-2)7-9-18/h3-5,10,14H,1,6-9,11H2,2H3. The quantitative estimate of drug-likeness (QED) is 0.846. The second-order valence-corrected chi connectivity index (χ2v) is 5.05. The van der Waals surface area contributed by atoms with Crippen LogP contribution in [0.5, 0.6) is 0 Å². The molecule has 1 heterocycles. The molecule has 0 saturated carbocycles. The number of nitrogens with zero attached hydrogens (tertiary/aromatic N) is 1. The monoisotopic (exact) mass is 277 g/mol. The Hall–Kier alpha value is -1.68. The fourth-order valence-corrected chi connectivity index (χ4v) is 2.47. The topological polar surface area (TPSA) is 29.5 Å². The van der Waals surface area contributed by atoms with E-state index in [-0.39, 0.29) is 24.2 Å². The van der Waals surface area contributed by atoms with Gasteiger partial charge in [0.25, 0.3) is 0 Å². The fraction of sp³-hybridized carbons (Fsp3) is 0.438. The van der Waals surface area contributed by atoms with Crippen molar-refractivity contribution in [3.05, 3.63) is 41.7 Å². The molecule has 1 fully saturated rings. The van der Waals surface area contributed by atoms with Crippen molar-refractivity contribution < 1.29 is 13.9 Å². The first-order chi connectivity index (χ1) is 9.63. The summed E-state index contributed by atoms with van der Waals surface area (Å²) >= 11 is 0. The Morgan fingerprint density at radius 2 is 2.20 bits per heavy atom. The van der Waals surface area contributed by atoms with Crippen LogP contribution in [-0.2, 0) is 16.0 Å². The third-order valence-electron chi connectivity index (χ3n) is 3.78. The normalized spacial score (nSPS) is 16.2. The van der Waals surface area contributed by atoms with Crippen molar-refractivity contribution in [1.29, 1.82) is 0 Å². The number of amides is 1. The third kappa shape index (κ3) is 3.45. The predicted molar refractivity (Wildman–Crippen MR) is 76.8 cm³/mol. The van der Waals surface area contributed by atoms with E-state index in [1.165, 1.54) is 6.07 Å². The smallest absolute Gasteiger partial charge is 0.227 e. The molecule has 2 rings (SSSR count). The van der Waals surface area contributed by atoms with Gasteiger partial charge in [0.15, 0.2) is 0 Å². The number of likely N-dealkylation sites (tertiary alicyclic amines) is 1. The molecule has 0 spiro atoms. The minimum Gasteiger partial charge on any atom is -0.381 e. The fourth-order valence-electron chi connectivity index (χ4n) is 2.47. The van der Waals surface area contributed by atoms with Crippen molar-refractivity contribution >= 4 is 12.0 Å². The van der Waals surface area contributed by atoms with E-state index >= 15 is 0 Å². The van der Waals surface area contributed by atoms with Crippen LogP contribution in [0.2, 0.25) is 0 Å². The van der Waals surface area contributed by atoms with Gasteiger partial charge in [0.05, 0.1) is 12.5 Å². The maximum atomic E-state index is 13.7. The van der Waals surface area contributed by atoms with Crippen molar-refractivity contribution in [2.45, 2.75) is 25.4 Å². The Balaban J connectivity index is 1.99. The number of benzene rings is 1. The lowest BCUT2D eigenvalue weighted by molar-refractivity contribution is -0.132. The first-order valence-electron chi connectivity index (χ1n) is 6.85. The van der Waals surface area contributed by atoms with E-state index in [0.717, 1.165) is 18.4 Å². The van der Waals surface area contributed by atoms with Crippen molar-refractivity contribution in [3.8, 4) is 0 Å². The lowest BCUT2D eigenvalue weighted by Crippen LogP contribution is -2.41. The summed E-state index contributed by atoms with van der Waals surface area (Å²) in [5, 5.41) is 0. The number of methoxy groups -OCH3 is 1. The molecule has 20 heavy (non-hydrogen) atoms. The summed E-state index contributed by atoms with van der Waals surface area (Å²) in [4.78, 5) is 14.0. The van der Waals surface area contributed by atoms with E-state index in [0.29, 0.717) is 18.7 Å². The summed E-state index contributed by atoms with van der Waals surface area (Å²) in [5.41, 5.74) is 1.26. The van der Waals surface area contributed by atoms with Gasteiger partial charge in [-0.05, 0) is 36.1 Å². The van der Waals surface area contributed by atoms with Gasteiger partial charge in [-0.2, -0.15) is 0 Å². The van der Waals surface area contributed by atoms with Crippen LogP contribution < -0.4 is 0 Å². The molecule has 1 aromatic rings. The van der Waals surface area contributed by atoms with Gasteiger partial charge in [0.2, 0.25) is 5.91 Å². The lowest BCUT2D eigenvalue weighted by atomic mass is 10.0. The maximum absolute atomic E-state index is 13.7. The van der Waals surface area contributed by atoms with Crippen LogP contribution in [0.25, 0.3) is 6.08 Å². The molecule has 1 aliphatic rings. The van der Waals surface area contributed by atoms with E-state index in [1.54, 1.807) is 30.2 Å². The van der Waals surface area contributed by atoms with Gasteiger partial charge in [0.1, 0.15) is 5.82 Å². The van der Waals surface area contributed by atoms with Crippen LogP contribution in [0.15, 0.2) is 24.8 Å². The number of hydrogen-bond donors (Lipinski definition) is 0. The number of hydrogen-bond acceptors (Lipinski definition) is 2. The van der Waals surface area contributed by atoms with Crippen LogP contribution in [0, 0.1) is 5.82 Å². The molecule has 0 aliphatic carbocycles. The summed E-state index contributed by atoms with van der Waals surface area (Å²) in [6, 6.07) is 4.72. The number of carbonyl (C=O) groups excluding carboxylic acids is 1. The molecular formula is C16H20FNO2. The number of ether oxygens (including phenoxy) is 1. The molecule has 1 saturated heterocycles. The summed E-state index contributed by atoms with van der Waals surface area (Å²) in [6.07, 6.45) is 3.68. The minimum absolute atomic E-state index is 0.0281. The SMILES string of the molecule is C=Cc1ccc(F)c(CC(=O)N2CCC(OC)CC2)c1. The van der Waals surface area contributed by atoms with Gasteiger partial charge in [-0.25, -0.2) is 4.39 Å². The highest BCUT2D eigenvalue weighted by atomic mass is 19.1. The second-order valence-electron chi connectivity index (χ2n) is 5.05. The zero-order valence-corrected chi connectivity index (χ0v) is 11.8. The van der Waals surface area contributed by atoms with Crippen molar-refractivity contribution in [2.75, 3.05) is 20.2 Å². The Labute approximate surface area is 119 Å². The molecule has 0 N–H and O–H groups in total. The number of carbonyl (C=O) groups is 1. The maximum Gasteiger partial charge on any atom is 0.227 e. The average molecular weight is 277 g/mol. The Morgan fingerprint density at radius 3 is 2.80 bits per heavy atom. The second kappa shape index (κ2) is 6.66. The van der Waals surface area contributed by atoms with Gasteiger partial charge in [-0.3, -0.25) is 4.79 Å². The third-order valence-corrected chi connectivity index (χ3v) is 3.78. The molecular weight excluding hydrogens is 257 g/mol. The van der Waals surface area contributed by atoms with E-state index < -0.39 is 0 Å². The Kier molecular flexibility index (Phi) is 4.90. The number of piperidine rings is 1. The largest absolute Gasteiger partial charge is 0.381 e. The van der Waals surface area contributed by atoms with Crippen molar-refractivity contribution in [1.82, 2.24) is 4.90 Å². The molecule has 3 nitrogen and oxygen atoms in total. The van der Waals surface area contributed by atoms with Crippen LogP contribution >= 0.6 is 0 Å². The van der Waals surface area contributed by atoms with Gasteiger partial charge in [0, 0.05) is 20.2 Å². The number of halogens is 1. The summed E-state index contributed by atoms with van der Waals surface area (Å²) in [6.45, 7) is 5.02. The predicted octanol–water partition coefficient (Wildman–Crippen LogP) is 2.65. The molecule has 1 aromatic carbocycles. The summed E-state index contributed by atoms with van der Waals surface area (Å²) < 4.78 is 19.0. The van der Waals surface area contributed by atoms with E-state index in [9.17, 15) is 9.18 Å². The molecule has 0 unspecified atom stereocenters. The van der Waals surface area contributed by atoms with Crippen LogP contribution in [0.4, 0.5) is 4.39 Å². The highest BCUT2D eigenvalue weighted by Gasteiger charge is 2.23. The van der Waals surface area contributed by atoms with E-state index in [2.05, 4.69) is 6.58 Å². The molecule has 108 valence electrons. The summed E-state index contributed by atoms with van der Waals surface area (Å²) in [5.74, 6) is -0.365. The zero-order valence-electron chi connectivity index (χ0n) is 11.8. The molecule has 0 bridgehead atoms. The van der Waals surface area contributed by atoms with E-state index in [1.807, 2.05) is 0 Å². The van der Waals surface area contributed by atoms with Crippen LogP contribution in [0.1, 0.15) is 24.0 Å². The van der Waals surface area contributed by atoms with Crippen LogP contribution in [0.3, 0.4) is 0 Å². The zero-order chi connectivity index (χ0) is 14.5. The molecule has 1 aliphatic heterocycles. The van der Waals surface area contributed by atoms with Crippen molar-refractivity contribution in [3.63, 3.8) is 0 Å². The van der Waals surface area contributed by atoms with Gasteiger partial charge >= 0.3 is 0 Å². The molecule has 4 heteroatoms. The van der Waals surface area contributed by atoms with Crippen LogP contribution in [-0.4, -0.2) is 37.1 Å². The first kappa shape index (κ1) is 14.7.